The molecule has 5 heteroatoms. The van der Waals surface area contributed by atoms with Crippen LogP contribution in [0, 0.1) is 0 Å². The monoisotopic (exact) mass is 260 g/mol. The van der Waals surface area contributed by atoms with Crippen molar-refractivity contribution in [3.05, 3.63) is 51.4 Å². The number of hydrogen-bond donors (Lipinski definition) is 1. The Kier molecular flexibility index (Phi) is 4.54. The summed E-state index contributed by atoms with van der Waals surface area (Å²) >= 11 is 7.33. The Morgan fingerprint density at radius 2 is 2.07 bits per heavy atom. The maximum atomic E-state index is 6.03. The summed E-state index contributed by atoms with van der Waals surface area (Å²) in [6.07, 6.45) is 1.71. The van der Waals surface area contributed by atoms with Crippen molar-refractivity contribution < 1.29 is 0 Å². The van der Waals surface area contributed by atoms with E-state index in [-0.39, 0.29) is 18.4 Å². The Hall–Kier alpha value is -0.610. The molecule has 0 aromatic carbocycles. The van der Waals surface area contributed by atoms with Crippen LogP contribution in [0.3, 0.4) is 0 Å². The summed E-state index contributed by atoms with van der Waals surface area (Å²) in [5.41, 5.74) is 8.12. The van der Waals surface area contributed by atoms with Crippen molar-refractivity contribution in [2.75, 3.05) is 0 Å². The zero-order chi connectivity index (χ0) is 9.97. The summed E-state index contributed by atoms with van der Waals surface area (Å²) < 4.78 is 0. The molecule has 0 radical (unpaired) electrons. The summed E-state index contributed by atoms with van der Waals surface area (Å²) in [5, 5.41) is 4.55. The highest BCUT2D eigenvalue weighted by Crippen LogP contribution is 2.21. The summed E-state index contributed by atoms with van der Waals surface area (Å²) in [5.74, 6) is 0. The van der Waals surface area contributed by atoms with Crippen molar-refractivity contribution in [2.24, 2.45) is 5.73 Å². The fourth-order valence-corrected chi connectivity index (χ4v) is 2.02. The van der Waals surface area contributed by atoms with Crippen LogP contribution in [-0.2, 0) is 0 Å². The van der Waals surface area contributed by atoms with Crippen molar-refractivity contribution in [1.82, 2.24) is 4.98 Å². The van der Waals surface area contributed by atoms with E-state index in [4.69, 9.17) is 17.3 Å². The molecule has 2 aromatic heterocycles. The van der Waals surface area contributed by atoms with Crippen LogP contribution in [0.4, 0.5) is 0 Å². The first-order valence-corrected chi connectivity index (χ1v) is 5.48. The molecule has 1 atom stereocenters. The zero-order valence-electron chi connectivity index (χ0n) is 7.76. The van der Waals surface area contributed by atoms with Crippen molar-refractivity contribution in [2.45, 2.75) is 6.04 Å². The molecular formula is C10H10Cl2N2S. The number of hydrogen-bond acceptors (Lipinski definition) is 3. The minimum Gasteiger partial charge on any atom is -0.320 e. The highest BCUT2D eigenvalue weighted by Gasteiger charge is 2.08. The fraction of sp³-hybridized carbons (Fsp3) is 0.100. The lowest BCUT2D eigenvalue weighted by Gasteiger charge is -2.09. The second-order valence-corrected chi connectivity index (χ2v) is 4.12. The normalized spacial score (nSPS) is 11.9. The molecule has 80 valence electrons. The lowest BCUT2D eigenvalue weighted by Crippen LogP contribution is -2.10. The number of aromatic nitrogens is 1. The molecule has 0 bridgehead atoms. The van der Waals surface area contributed by atoms with Crippen LogP contribution >= 0.6 is 35.3 Å². The molecule has 2 aromatic rings. The molecule has 2 rings (SSSR count). The molecule has 2 nitrogen and oxygen atoms in total. The topological polar surface area (TPSA) is 38.9 Å². The molecule has 0 amide bonds. The first kappa shape index (κ1) is 12.5. The average molecular weight is 261 g/mol. The molecule has 0 spiro atoms. The molecule has 15 heavy (non-hydrogen) atoms. The smallest absolute Gasteiger partial charge is 0.129 e. The van der Waals surface area contributed by atoms with E-state index in [1.807, 2.05) is 22.9 Å². The van der Waals surface area contributed by atoms with Crippen molar-refractivity contribution in [3.8, 4) is 0 Å². The second kappa shape index (κ2) is 5.47. The molecule has 0 saturated carbocycles. The van der Waals surface area contributed by atoms with E-state index < -0.39 is 0 Å². The quantitative estimate of drug-likeness (QED) is 0.842. The van der Waals surface area contributed by atoms with Gasteiger partial charge in [0.05, 0.1) is 6.04 Å². The van der Waals surface area contributed by atoms with Crippen LogP contribution in [0.1, 0.15) is 17.2 Å². The largest absolute Gasteiger partial charge is 0.320 e. The molecule has 0 saturated heterocycles. The number of nitrogens with two attached hydrogens (primary N) is 1. The summed E-state index contributed by atoms with van der Waals surface area (Å²) in [6.45, 7) is 0. The lowest BCUT2D eigenvalue weighted by molar-refractivity contribution is 0.868. The molecule has 2 N–H and O–H groups in total. The van der Waals surface area contributed by atoms with Crippen LogP contribution in [-0.4, -0.2) is 4.98 Å². The third-order valence-corrected chi connectivity index (χ3v) is 2.94. The maximum Gasteiger partial charge on any atom is 0.129 e. The summed E-state index contributed by atoms with van der Waals surface area (Å²) in [7, 11) is 0. The first-order chi connectivity index (χ1) is 6.77. The Balaban J connectivity index is 0.00000112. The van der Waals surface area contributed by atoms with Gasteiger partial charge in [-0.25, -0.2) is 4.98 Å². The van der Waals surface area contributed by atoms with Crippen LogP contribution < -0.4 is 5.73 Å². The Morgan fingerprint density at radius 1 is 1.27 bits per heavy atom. The third kappa shape index (κ3) is 2.92. The van der Waals surface area contributed by atoms with Gasteiger partial charge < -0.3 is 5.73 Å². The third-order valence-electron chi connectivity index (χ3n) is 2.01. The summed E-state index contributed by atoms with van der Waals surface area (Å²) in [6, 6.07) is 5.57. The number of pyridine rings is 1. The van der Waals surface area contributed by atoms with Crippen LogP contribution in [0.15, 0.2) is 35.2 Å². The molecular weight excluding hydrogens is 251 g/mol. The van der Waals surface area contributed by atoms with E-state index in [2.05, 4.69) is 4.98 Å². The fourth-order valence-electron chi connectivity index (χ4n) is 1.22. The van der Waals surface area contributed by atoms with Crippen LogP contribution in [0.2, 0.25) is 5.15 Å². The van der Waals surface area contributed by atoms with E-state index in [0.29, 0.717) is 5.15 Å². The van der Waals surface area contributed by atoms with E-state index in [0.717, 1.165) is 11.1 Å². The van der Waals surface area contributed by atoms with Crippen molar-refractivity contribution in [3.63, 3.8) is 0 Å². The first-order valence-electron chi connectivity index (χ1n) is 4.16. The maximum absolute atomic E-state index is 6.03. The van der Waals surface area contributed by atoms with Gasteiger partial charge in [-0.3, -0.25) is 0 Å². The highest BCUT2D eigenvalue weighted by molar-refractivity contribution is 7.08. The minimum absolute atomic E-state index is 0. The van der Waals surface area contributed by atoms with Crippen LogP contribution in [0.5, 0.6) is 0 Å². The van der Waals surface area contributed by atoms with E-state index >= 15 is 0 Å². The average Bonchev–Trinajstić information content (AvgIpc) is 2.71. The Labute approximate surface area is 104 Å². The minimum atomic E-state index is -0.106. The van der Waals surface area contributed by atoms with Gasteiger partial charge in [-0.05, 0) is 34.0 Å². The van der Waals surface area contributed by atoms with Gasteiger partial charge in [-0.2, -0.15) is 11.3 Å². The summed E-state index contributed by atoms with van der Waals surface area (Å²) in [4.78, 5) is 4.00. The van der Waals surface area contributed by atoms with Gasteiger partial charge in [-0.15, -0.1) is 12.4 Å². The lowest BCUT2D eigenvalue weighted by atomic mass is 10.1. The second-order valence-electron chi connectivity index (χ2n) is 2.95. The number of nitrogens with zero attached hydrogens (tertiary/aromatic N) is 1. The number of rotatable bonds is 2. The van der Waals surface area contributed by atoms with Gasteiger partial charge in [0.2, 0.25) is 0 Å². The van der Waals surface area contributed by atoms with Gasteiger partial charge >= 0.3 is 0 Å². The van der Waals surface area contributed by atoms with Gasteiger partial charge in [0, 0.05) is 6.20 Å². The van der Waals surface area contributed by atoms with Crippen molar-refractivity contribution in [1.29, 1.82) is 0 Å². The number of thiophene rings is 1. The van der Waals surface area contributed by atoms with Crippen LogP contribution in [0.25, 0.3) is 0 Å². The standard InChI is InChI=1S/C10H9ClN2S.ClH/c11-9-2-1-7(5-13-9)10(12)8-3-4-14-6-8;/h1-6,10H,12H2;1H/t10-;/m1./s1. The molecule has 0 aliphatic heterocycles. The Morgan fingerprint density at radius 3 is 2.60 bits per heavy atom. The molecule has 0 fully saturated rings. The van der Waals surface area contributed by atoms with Gasteiger partial charge in [0.1, 0.15) is 5.15 Å². The predicted octanol–water partition coefficient (Wildman–Crippen LogP) is 3.27. The highest BCUT2D eigenvalue weighted by atomic mass is 35.5. The van der Waals surface area contributed by atoms with Gasteiger partial charge in [0.15, 0.2) is 0 Å². The van der Waals surface area contributed by atoms with E-state index in [1.54, 1.807) is 23.6 Å². The zero-order valence-corrected chi connectivity index (χ0v) is 10.1. The molecule has 0 aliphatic carbocycles. The SMILES string of the molecule is Cl.N[C@H](c1ccc(Cl)nc1)c1ccsc1. The van der Waals surface area contributed by atoms with E-state index in [1.165, 1.54) is 0 Å². The van der Waals surface area contributed by atoms with Gasteiger partial charge in [0.25, 0.3) is 0 Å². The Bertz CT molecular complexity index is 400. The molecule has 0 unspecified atom stereocenters. The van der Waals surface area contributed by atoms with Crippen molar-refractivity contribution >= 4 is 35.3 Å². The molecule has 2 heterocycles. The van der Waals surface area contributed by atoms with E-state index in [9.17, 15) is 0 Å². The predicted molar refractivity (Wildman–Crippen MR) is 66.8 cm³/mol. The number of halogens is 2. The van der Waals surface area contributed by atoms with Gasteiger partial charge in [-0.1, -0.05) is 17.7 Å². The molecule has 0 aliphatic rings.